The number of likely N-dealkylation sites (tertiary alicyclic amines) is 1. The van der Waals surface area contributed by atoms with Gasteiger partial charge in [-0.15, -0.1) is 0 Å². The lowest BCUT2D eigenvalue weighted by Crippen LogP contribution is -2.53. The van der Waals surface area contributed by atoms with Crippen LogP contribution in [0.2, 0.25) is 0 Å². The quantitative estimate of drug-likeness (QED) is 0.783. The third-order valence-corrected chi connectivity index (χ3v) is 7.47. The summed E-state index contributed by atoms with van der Waals surface area (Å²) >= 11 is 0. The third-order valence-electron chi connectivity index (χ3n) is 5.55. The summed E-state index contributed by atoms with van der Waals surface area (Å²) in [5.74, 6) is 1.36. The number of nitrogens with zero attached hydrogens (tertiary/aromatic N) is 3. The average Bonchev–Trinajstić information content (AvgIpc) is 2.61. The fourth-order valence-corrected chi connectivity index (χ4v) is 5.67. The van der Waals surface area contributed by atoms with Crippen molar-refractivity contribution in [2.75, 3.05) is 45.8 Å². The lowest BCUT2D eigenvalue weighted by Gasteiger charge is -2.38. The maximum Gasteiger partial charge on any atom is 0.243 e. The number of sulfonamides is 1. The Morgan fingerprint density at radius 3 is 2.11 bits per heavy atom. The van der Waals surface area contributed by atoms with Crippen LogP contribution in [0.25, 0.3) is 0 Å². The summed E-state index contributed by atoms with van der Waals surface area (Å²) in [6.45, 7) is 10.4. The van der Waals surface area contributed by atoms with Gasteiger partial charge in [0.15, 0.2) is 0 Å². The molecule has 0 aliphatic carbocycles. The Bertz CT molecular complexity index is 745. The zero-order chi connectivity index (χ0) is 19.6. The van der Waals surface area contributed by atoms with Gasteiger partial charge in [-0.1, -0.05) is 31.5 Å². The van der Waals surface area contributed by atoms with E-state index in [2.05, 4.69) is 18.7 Å². The van der Waals surface area contributed by atoms with Crippen LogP contribution in [-0.2, 0) is 14.8 Å². The van der Waals surface area contributed by atoms with Gasteiger partial charge < -0.3 is 4.90 Å². The molecule has 2 aliphatic rings. The Balaban J connectivity index is 1.55. The highest BCUT2D eigenvalue weighted by Gasteiger charge is 2.31. The van der Waals surface area contributed by atoms with Gasteiger partial charge in [-0.05, 0) is 37.3 Å². The first-order valence-electron chi connectivity index (χ1n) is 9.82. The Morgan fingerprint density at radius 2 is 1.56 bits per heavy atom. The Morgan fingerprint density at radius 1 is 1.00 bits per heavy atom. The first kappa shape index (κ1) is 20.3. The number of amides is 1. The smallest absolute Gasteiger partial charge is 0.243 e. The second-order valence-corrected chi connectivity index (χ2v) is 10.2. The average molecular weight is 394 g/mol. The minimum absolute atomic E-state index is 0.115. The number of piperazine rings is 1. The molecule has 0 saturated carbocycles. The SMILES string of the molecule is Cc1ccc(S(=O)(=O)N2CCN(C(=O)CN3C[C@@H](C)C[C@H](C)C3)CC2)cc1. The maximum atomic E-state index is 12.8. The summed E-state index contributed by atoms with van der Waals surface area (Å²) in [7, 11) is -3.48. The summed E-state index contributed by atoms with van der Waals surface area (Å²) < 4.78 is 27.0. The predicted octanol–water partition coefficient (Wildman–Crippen LogP) is 1.81. The number of hydrogen-bond donors (Lipinski definition) is 0. The van der Waals surface area contributed by atoms with E-state index in [1.165, 1.54) is 10.7 Å². The molecule has 27 heavy (non-hydrogen) atoms. The summed E-state index contributed by atoms with van der Waals surface area (Å²) in [6.07, 6.45) is 1.22. The van der Waals surface area contributed by atoms with Crippen molar-refractivity contribution in [3.05, 3.63) is 29.8 Å². The minimum Gasteiger partial charge on any atom is -0.339 e. The number of hydrogen-bond acceptors (Lipinski definition) is 4. The van der Waals surface area contributed by atoms with E-state index in [-0.39, 0.29) is 5.91 Å². The molecule has 0 radical (unpaired) electrons. The molecule has 0 spiro atoms. The molecule has 1 amide bonds. The van der Waals surface area contributed by atoms with E-state index in [1.807, 2.05) is 24.0 Å². The zero-order valence-corrected chi connectivity index (χ0v) is 17.4. The van der Waals surface area contributed by atoms with Crippen molar-refractivity contribution in [1.29, 1.82) is 0 Å². The van der Waals surface area contributed by atoms with Crippen LogP contribution in [0.3, 0.4) is 0 Å². The molecular formula is C20H31N3O3S. The van der Waals surface area contributed by atoms with Crippen molar-refractivity contribution >= 4 is 15.9 Å². The van der Waals surface area contributed by atoms with Gasteiger partial charge in [0.05, 0.1) is 11.4 Å². The summed E-state index contributed by atoms with van der Waals surface area (Å²) in [5.41, 5.74) is 1.03. The van der Waals surface area contributed by atoms with E-state index in [1.54, 1.807) is 12.1 Å². The molecule has 150 valence electrons. The van der Waals surface area contributed by atoms with Crippen LogP contribution >= 0.6 is 0 Å². The van der Waals surface area contributed by atoms with Gasteiger partial charge in [0, 0.05) is 39.3 Å². The summed E-state index contributed by atoms with van der Waals surface area (Å²) in [6, 6.07) is 6.93. The lowest BCUT2D eigenvalue weighted by atomic mass is 9.92. The molecule has 2 saturated heterocycles. The van der Waals surface area contributed by atoms with Crippen molar-refractivity contribution < 1.29 is 13.2 Å². The van der Waals surface area contributed by atoms with E-state index < -0.39 is 10.0 Å². The highest BCUT2D eigenvalue weighted by Crippen LogP contribution is 2.21. The first-order valence-corrected chi connectivity index (χ1v) is 11.3. The maximum absolute atomic E-state index is 12.8. The van der Waals surface area contributed by atoms with Crippen LogP contribution < -0.4 is 0 Å². The molecule has 0 N–H and O–H groups in total. The fraction of sp³-hybridized carbons (Fsp3) is 0.650. The Kier molecular flexibility index (Phi) is 6.23. The molecule has 2 heterocycles. The summed E-state index contributed by atoms with van der Waals surface area (Å²) in [4.78, 5) is 17.0. The molecule has 0 bridgehead atoms. The van der Waals surface area contributed by atoms with E-state index in [0.29, 0.717) is 49.5 Å². The number of carbonyl (C=O) groups is 1. The van der Waals surface area contributed by atoms with Crippen molar-refractivity contribution in [1.82, 2.24) is 14.1 Å². The normalized spacial score (nSPS) is 25.5. The molecule has 2 aliphatic heterocycles. The van der Waals surface area contributed by atoms with Gasteiger partial charge in [-0.3, -0.25) is 9.69 Å². The predicted molar refractivity (Wildman–Crippen MR) is 106 cm³/mol. The van der Waals surface area contributed by atoms with E-state index in [9.17, 15) is 13.2 Å². The van der Waals surface area contributed by atoms with Gasteiger partial charge >= 0.3 is 0 Å². The molecule has 1 aromatic rings. The van der Waals surface area contributed by atoms with Crippen LogP contribution in [0.15, 0.2) is 29.2 Å². The van der Waals surface area contributed by atoms with Gasteiger partial charge in [-0.2, -0.15) is 4.31 Å². The molecule has 3 rings (SSSR count). The molecule has 7 heteroatoms. The number of benzene rings is 1. The van der Waals surface area contributed by atoms with Gasteiger partial charge in [0.25, 0.3) is 0 Å². The molecule has 1 aromatic carbocycles. The van der Waals surface area contributed by atoms with Crippen molar-refractivity contribution in [2.45, 2.75) is 32.1 Å². The summed E-state index contributed by atoms with van der Waals surface area (Å²) in [5, 5.41) is 0. The lowest BCUT2D eigenvalue weighted by molar-refractivity contribution is -0.134. The van der Waals surface area contributed by atoms with Crippen LogP contribution in [-0.4, -0.2) is 74.2 Å². The topological polar surface area (TPSA) is 60.9 Å². The third kappa shape index (κ3) is 4.89. The van der Waals surface area contributed by atoms with Gasteiger partial charge in [0.1, 0.15) is 0 Å². The number of aryl methyl sites for hydroxylation is 1. The second-order valence-electron chi connectivity index (χ2n) is 8.24. The Hall–Kier alpha value is -1.44. The van der Waals surface area contributed by atoms with E-state index in [0.717, 1.165) is 18.7 Å². The van der Waals surface area contributed by atoms with E-state index >= 15 is 0 Å². The molecular weight excluding hydrogens is 362 g/mol. The highest BCUT2D eigenvalue weighted by atomic mass is 32.2. The molecule has 0 unspecified atom stereocenters. The minimum atomic E-state index is -3.48. The molecule has 2 fully saturated rings. The Labute approximate surface area is 163 Å². The molecule has 0 aromatic heterocycles. The second kappa shape index (κ2) is 8.29. The van der Waals surface area contributed by atoms with Gasteiger partial charge in [-0.25, -0.2) is 8.42 Å². The van der Waals surface area contributed by atoms with Crippen LogP contribution in [0.1, 0.15) is 25.8 Å². The molecule has 2 atom stereocenters. The van der Waals surface area contributed by atoms with Crippen molar-refractivity contribution in [3.63, 3.8) is 0 Å². The number of piperidine rings is 1. The van der Waals surface area contributed by atoms with Crippen LogP contribution in [0.4, 0.5) is 0 Å². The largest absolute Gasteiger partial charge is 0.339 e. The highest BCUT2D eigenvalue weighted by molar-refractivity contribution is 7.89. The van der Waals surface area contributed by atoms with Crippen LogP contribution in [0, 0.1) is 18.8 Å². The number of carbonyl (C=O) groups excluding carboxylic acids is 1. The molecule has 6 nitrogen and oxygen atoms in total. The van der Waals surface area contributed by atoms with Gasteiger partial charge in [0.2, 0.25) is 15.9 Å². The monoisotopic (exact) mass is 393 g/mol. The standard InChI is InChI=1S/C20H31N3O3S/c1-16-4-6-19(7-5-16)27(25,26)23-10-8-22(9-11-23)20(24)15-21-13-17(2)12-18(3)14-21/h4-7,17-18H,8-15H2,1-3H3/t17-,18-/m0/s1. The van der Waals surface area contributed by atoms with Crippen molar-refractivity contribution in [3.8, 4) is 0 Å². The van der Waals surface area contributed by atoms with Crippen LogP contribution in [0.5, 0.6) is 0 Å². The zero-order valence-electron chi connectivity index (χ0n) is 16.6. The van der Waals surface area contributed by atoms with E-state index in [4.69, 9.17) is 0 Å². The van der Waals surface area contributed by atoms with Crippen molar-refractivity contribution in [2.24, 2.45) is 11.8 Å². The fourth-order valence-electron chi connectivity index (χ4n) is 4.25. The first-order chi connectivity index (χ1) is 12.8. The number of rotatable bonds is 4.